The normalized spacial score (nSPS) is 10.2. The van der Waals surface area contributed by atoms with E-state index in [9.17, 15) is 15.2 Å². The first-order valence-corrected chi connectivity index (χ1v) is 6.22. The molecule has 0 aromatic heterocycles. The Morgan fingerprint density at radius 2 is 1.90 bits per heavy atom. The molecule has 0 spiro atoms. The number of phenolic OH excluding ortho intramolecular Hbond substituents is 1. The smallest absolute Gasteiger partial charge is 0.269 e. The number of rotatable bonds is 5. The molecule has 0 aliphatic heterocycles. The van der Waals surface area contributed by atoms with E-state index < -0.39 is 4.92 Å². The van der Waals surface area contributed by atoms with Crippen LogP contribution in [0, 0.1) is 17.0 Å². The van der Waals surface area contributed by atoms with Crippen LogP contribution in [0.15, 0.2) is 42.5 Å². The van der Waals surface area contributed by atoms with E-state index in [2.05, 4.69) is 0 Å². The minimum atomic E-state index is -0.420. The predicted octanol–water partition coefficient (Wildman–Crippen LogP) is 3.23. The number of ether oxygens (including phenoxy) is 1. The van der Waals surface area contributed by atoms with Crippen LogP contribution in [0.3, 0.4) is 0 Å². The third kappa shape index (κ3) is 3.26. The average molecular weight is 273 g/mol. The van der Waals surface area contributed by atoms with Crippen molar-refractivity contribution in [3.8, 4) is 11.5 Å². The average Bonchev–Trinajstić information content (AvgIpc) is 2.44. The molecule has 0 saturated heterocycles. The molecule has 5 nitrogen and oxygen atoms in total. The molecule has 0 aliphatic carbocycles. The minimum Gasteiger partial charge on any atom is -0.508 e. The van der Waals surface area contributed by atoms with Gasteiger partial charge in [0, 0.05) is 24.1 Å². The van der Waals surface area contributed by atoms with Gasteiger partial charge in [0.2, 0.25) is 0 Å². The first-order valence-electron chi connectivity index (χ1n) is 6.22. The minimum absolute atomic E-state index is 0.0819. The van der Waals surface area contributed by atoms with Gasteiger partial charge >= 0.3 is 0 Å². The molecule has 0 radical (unpaired) electrons. The van der Waals surface area contributed by atoms with E-state index in [4.69, 9.17) is 4.74 Å². The zero-order valence-electron chi connectivity index (χ0n) is 11.1. The Morgan fingerprint density at radius 1 is 1.20 bits per heavy atom. The number of aromatic hydroxyl groups is 1. The second kappa shape index (κ2) is 6.06. The van der Waals surface area contributed by atoms with Crippen LogP contribution in [-0.2, 0) is 6.42 Å². The summed E-state index contributed by atoms with van der Waals surface area (Å²) in [6.45, 7) is 2.23. The summed E-state index contributed by atoms with van der Waals surface area (Å²) in [6.07, 6.45) is 0.646. The van der Waals surface area contributed by atoms with Gasteiger partial charge in [-0.05, 0) is 24.6 Å². The molecule has 104 valence electrons. The summed E-state index contributed by atoms with van der Waals surface area (Å²) in [7, 11) is 0. The first-order chi connectivity index (χ1) is 9.58. The van der Waals surface area contributed by atoms with Gasteiger partial charge in [-0.2, -0.15) is 0 Å². The Labute approximate surface area is 116 Å². The molecule has 0 unspecified atom stereocenters. The molecular weight excluding hydrogens is 258 g/mol. The van der Waals surface area contributed by atoms with Crippen LogP contribution in [0.4, 0.5) is 5.69 Å². The Kier molecular flexibility index (Phi) is 4.20. The van der Waals surface area contributed by atoms with Crippen LogP contribution in [-0.4, -0.2) is 16.6 Å². The lowest BCUT2D eigenvalue weighted by Crippen LogP contribution is -2.02. The highest BCUT2D eigenvalue weighted by molar-refractivity contribution is 5.42. The molecule has 0 bridgehead atoms. The Bertz CT molecular complexity index is 608. The van der Waals surface area contributed by atoms with Crippen molar-refractivity contribution in [3.63, 3.8) is 0 Å². The van der Waals surface area contributed by atoms with Crippen molar-refractivity contribution >= 4 is 5.69 Å². The van der Waals surface area contributed by atoms with Gasteiger partial charge < -0.3 is 9.84 Å². The van der Waals surface area contributed by atoms with Crippen LogP contribution in [0.25, 0.3) is 0 Å². The number of nitro benzene ring substituents is 1. The van der Waals surface area contributed by atoms with E-state index >= 15 is 0 Å². The number of nitro groups is 1. The van der Waals surface area contributed by atoms with Crippen LogP contribution < -0.4 is 4.74 Å². The number of hydrogen-bond acceptors (Lipinski definition) is 4. The number of nitrogens with zero attached hydrogens (tertiary/aromatic N) is 1. The number of phenols is 1. The maximum absolute atomic E-state index is 10.5. The van der Waals surface area contributed by atoms with E-state index in [1.54, 1.807) is 37.3 Å². The molecule has 0 heterocycles. The summed E-state index contributed by atoms with van der Waals surface area (Å²) in [5.41, 5.74) is 1.75. The van der Waals surface area contributed by atoms with E-state index in [-0.39, 0.29) is 11.4 Å². The van der Waals surface area contributed by atoms with Crippen molar-refractivity contribution in [1.29, 1.82) is 0 Å². The maximum Gasteiger partial charge on any atom is 0.269 e. The highest BCUT2D eigenvalue weighted by Crippen LogP contribution is 2.26. The van der Waals surface area contributed by atoms with Crippen LogP contribution >= 0.6 is 0 Å². The van der Waals surface area contributed by atoms with Crippen LogP contribution in [0.1, 0.15) is 11.1 Å². The third-order valence-corrected chi connectivity index (χ3v) is 3.05. The molecule has 20 heavy (non-hydrogen) atoms. The molecule has 0 aliphatic rings. The molecule has 1 N–H and O–H groups in total. The molecule has 0 saturated carbocycles. The monoisotopic (exact) mass is 273 g/mol. The maximum atomic E-state index is 10.5. The number of non-ortho nitro benzene ring substituents is 1. The lowest BCUT2D eigenvalue weighted by Gasteiger charge is -2.09. The first kappa shape index (κ1) is 13.9. The zero-order chi connectivity index (χ0) is 14.5. The van der Waals surface area contributed by atoms with E-state index in [1.807, 2.05) is 0 Å². The fraction of sp³-hybridized carbons (Fsp3) is 0.200. The van der Waals surface area contributed by atoms with Gasteiger partial charge in [-0.1, -0.05) is 18.2 Å². The topological polar surface area (TPSA) is 72.6 Å². The van der Waals surface area contributed by atoms with Gasteiger partial charge in [0.05, 0.1) is 11.5 Å². The number of benzene rings is 2. The fourth-order valence-electron chi connectivity index (χ4n) is 1.82. The van der Waals surface area contributed by atoms with Crippen molar-refractivity contribution in [2.45, 2.75) is 13.3 Å². The summed E-state index contributed by atoms with van der Waals surface area (Å²) in [5, 5.41) is 20.1. The Morgan fingerprint density at radius 3 is 2.55 bits per heavy atom. The quantitative estimate of drug-likeness (QED) is 0.670. The highest BCUT2D eigenvalue weighted by atomic mass is 16.6. The highest BCUT2D eigenvalue weighted by Gasteiger charge is 2.05. The molecule has 0 fully saturated rings. The summed E-state index contributed by atoms with van der Waals surface area (Å²) in [4.78, 5) is 10.1. The van der Waals surface area contributed by atoms with E-state index in [0.717, 1.165) is 5.56 Å². The van der Waals surface area contributed by atoms with Crippen molar-refractivity contribution in [2.24, 2.45) is 0 Å². The zero-order valence-corrected chi connectivity index (χ0v) is 11.1. The lowest BCUT2D eigenvalue weighted by molar-refractivity contribution is -0.384. The predicted molar refractivity (Wildman–Crippen MR) is 75.1 cm³/mol. The molecule has 0 atom stereocenters. The Balaban J connectivity index is 1.92. The summed E-state index contributed by atoms with van der Waals surface area (Å²) < 4.78 is 5.61. The standard InChI is InChI=1S/C15H15NO4/c1-11-14(17)3-2-4-15(11)20-10-9-12-5-7-13(8-6-12)16(18)19/h2-8,17H,9-10H2,1H3. The van der Waals surface area contributed by atoms with Crippen LogP contribution in [0.2, 0.25) is 0 Å². The van der Waals surface area contributed by atoms with Gasteiger partial charge in [0.1, 0.15) is 11.5 Å². The molecule has 5 heteroatoms. The second-order valence-electron chi connectivity index (χ2n) is 4.42. The van der Waals surface area contributed by atoms with Gasteiger partial charge in [-0.3, -0.25) is 10.1 Å². The van der Waals surface area contributed by atoms with Gasteiger partial charge in [-0.15, -0.1) is 0 Å². The molecular formula is C15H15NO4. The third-order valence-electron chi connectivity index (χ3n) is 3.05. The molecule has 0 amide bonds. The second-order valence-corrected chi connectivity index (χ2v) is 4.42. The van der Waals surface area contributed by atoms with Gasteiger partial charge in [-0.25, -0.2) is 0 Å². The molecule has 2 rings (SSSR count). The van der Waals surface area contributed by atoms with Crippen molar-refractivity contribution in [2.75, 3.05) is 6.61 Å². The summed E-state index contributed by atoms with van der Waals surface area (Å²) in [5.74, 6) is 0.852. The Hall–Kier alpha value is -2.56. The van der Waals surface area contributed by atoms with E-state index in [0.29, 0.717) is 24.3 Å². The van der Waals surface area contributed by atoms with Gasteiger partial charge in [0.25, 0.3) is 5.69 Å². The van der Waals surface area contributed by atoms with Crippen molar-refractivity contribution in [3.05, 3.63) is 63.7 Å². The van der Waals surface area contributed by atoms with Gasteiger partial charge in [0.15, 0.2) is 0 Å². The number of hydrogen-bond donors (Lipinski definition) is 1. The molecule has 2 aromatic carbocycles. The van der Waals surface area contributed by atoms with Crippen molar-refractivity contribution in [1.82, 2.24) is 0 Å². The molecule has 2 aromatic rings. The fourth-order valence-corrected chi connectivity index (χ4v) is 1.82. The van der Waals surface area contributed by atoms with Crippen LogP contribution in [0.5, 0.6) is 11.5 Å². The van der Waals surface area contributed by atoms with E-state index in [1.165, 1.54) is 12.1 Å². The SMILES string of the molecule is Cc1c(O)cccc1OCCc1ccc([N+](=O)[O-])cc1. The largest absolute Gasteiger partial charge is 0.508 e. The van der Waals surface area contributed by atoms with Crippen molar-refractivity contribution < 1.29 is 14.8 Å². The summed E-state index contributed by atoms with van der Waals surface area (Å²) >= 11 is 0. The lowest BCUT2D eigenvalue weighted by atomic mass is 10.1. The summed E-state index contributed by atoms with van der Waals surface area (Å²) in [6, 6.07) is 11.5.